The summed E-state index contributed by atoms with van der Waals surface area (Å²) < 4.78 is 1.00. The highest BCUT2D eigenvalue weighted by atomic mass is 79.9. The van der Waals surface area contributed by atoms with Crippen molar-refractivity contribution in [3.8, 4) is 0 Å². The molecular formula is C18H18BrN5. The van der Waals surface area contributed by atoms with Crippen LogP contribution in [0.2, 0.25) is 0 Å². The third-order valence-corrected chi connectivity index (χ3v) is 4.10. The molecule has 3 rings (SSSR count). The number of aryl methyl sites for hydroxylation is 2. The minimum atomic E-state index is 0.595. The Labute approximate surface area is 149 Å². The van der Waals surface area contributed by atoms with Gasteiger partial charge in [-0.3, -0.25) is 4.98 Å². The van der Waals surface area contributed by atoms with Gasteiger partial charge in [0.1, 0.15) is 5.82 Å². The van der Waals surface area contributed by atoms with Crippen LogP contribution in [0, 0.1) is 13.8 Å². The second kappa shape index (κ2) is 7.40. The standard InChI is InChI=1S/C18H18BrN5/c1-12-3-4-16(15(19)9-12)23-17-10-13(2)22-18(24-17)21-11-14-5-7-20-8-6-14/h3-10H,11H2,1-2H3,(H2,21,22,23,24). The first-order valence-corrected chi connectivity index (χ1v) is 8.41. The van der Waals surface area contributed by atoms with Gasteiger partial charge in [0.15, 0.2) is 0 Å². The molecule has 2 heterocycles. The van der Waals surface area contributed by atoms with Gasteiger partial charge in [0.2, 0.25) is 5.95 Å². The normalized spacial score (nSPS) is 10.5. The van der Waals surface area contributed by atoms with Gasteiger partial charge < -0.3 is 10.6 Å². The average Bonchev–Trinajstić information content (AvgIpc) is 2.56. The van der Waals surface area contributed by atoms with E-state index in [1.807, 2.05) is 31.2 Å². The fourth-order valence-electron chi connectivity index (χ4n) is 2.25. The van der Waals surface area contributed by atoms with Gasteiger partial charge in [-0.15, -0.1) is 0 Å². The first-order valence-electron chi connectivity index (χ1n) is 7.62. The SMILES string of the molecule is Cc1ccc(Nc2cc(C)nc(NCc3ccncc3)n2)c(Br)c1. The van der Waals surface area contributed by atoms with Crippen molar-refractivity contribution in [2.75, 3.05) is 10.6 Å². The fourth-order valence-corrected chi connectivity index (χ4v) is 2.85. The van der Waals surface area contributed by atoms with E-state index in [-0.39, 0.29) is 0 Å². The lowest BCUT2D eigenvalue weighted by atomic mass is 10.2. The number of pyridine rings is 1. The van der Waals surface area contributed by atoms with E-state index in [0.717, 1.165) is 27.2 Å². The van der Waals surface area contributed by atoms with Crippen molar-refractivity contribution in [2.24, 2.45) is 0 Å². The molecular weight excluding hydrogens is 366 g/mol. The van der Waals surface area contributed by atoms with E-state index in [0.29, 0.717) is 12.5 Å². The molecule has 0 radical (unpaired) electrons. The summed E-state index contributed by atoms with van der Waals surface area (Å²) in [4.78, 5) is 13.0. The number of hydrogen-bond acceptors (Lipinski definition) is 5. The van der Waals surface area contributed by atoms with Gasteiger partial charge in [0.05, 0.1) is 5.69 Å². The molecule has 2 N–H and O–H groups in total. The molecule has 3 aromatic rings. The van der Waals surface area contributed by atoms with Crippen molar-refractivity contribution in [1.29, 1.82) is 0 Å². The molecule has 0 bridgehead atoms. The zero-order valence-corrected chi connectivity index (χ0v) is 15.1. The molecule has 2 aromatic heterocycles. The summed E-state index contributed by atoms with van der Waals surface area (Å²) in [6, 6.07) is 12.0. The van der Waals surface area contributed by atoms with Crippen molar-refractivity contribution in [3.05, 3.63) is 70.1 Å². The number of halogens is 1. The molecule has 0 aliphatic heterocycles. The minimum absolute atomic E-state index is 0.595. The maximum absolute atomic E-state index is 4.54. The van der Waals surface area contributed by atoms with Crippen molar-refractivity contribution in [3.63, 3.8) is 0 Å². The summed E-state index contributed by atoms with van der Waals surface area (Å²) in [6.45, 7) is 4.67. The highest BCUT2D eigenvalue weighted by Crippen LogP contribution is 2.26. The van der Waals surface area contributed by atoms with Gasteiger partial charge in [-0.05, 0) is 65.2 Å². The second-order valence-electron chi connectivity index (χ2n) is 5.54. The summed E-state index contributed by atoms with van der Waals surface area (Å²) in [5, 5.41) is 6.58. The summed E-state index contributed by atoms with van der Waals surface area (Å²) in [5.74, 6) is 1.35. The largest absolute Gasteiger partial charge is 0.350 e. The molecule has 0 atom stereocenters. The average molecular weight is 384 g/mol. The lowest BCUT2D eigenvalue weighted by molar-refractivity contribution is 1.03. The third-order valence-electron chi connectivity index (χ3n) is 3.44. The van der Waals surface area contributed by atoms with Crippen LogP contribution in [0.1, 0.15) is 16.8 Å². The Morgan fingerprint density at radius 3 is 2.54 bits per heavy atom. The Balaban J connectivity index is 1.76. The van der Waals surface area contributed by atoms with E-state index in [9.17, 15) is 0 Å². The quantitative estimate of drug-likeness (QED) is 0.673. The lowest BCUT2D eigenvalue weighted by Crippen LogP contribution is -2.06. The smallest absolute Gasteiger partial charge is 0.225 e. The molecule has 0 aliphatic rings. The Hall–Kier alpha value is -2.47. The molecule has 6 heteroatoms. The third kappa shape index (κ3) is 4.29. The zero-order chi connectivity index (χ0) is 16.9. The Bertz CT molecular complexity index is 836. The Kier molecular flexibility index (Phi) is 5.05. The summed E-state index contributed by atoms with van der Waals surface area (Å²) in [6.07, 6.45) is 3.55. The van der Waals surface area contributed by atoms with Crippen LogP contribution in [-0.4, -0.2) is 15.0 Å². The predicted octanol–water partition coefficient (Wildman–Crippen LogP) is 4.61. The van der Waals surface area contributed by atoms with Crippen LogP contribution in [0.15, 0.2) is 53.3 Å². The van der Waals surface area contributed by atoms with Crippen LogP contribution in [0.3, 0.4) is 0 Å². The first kappa shape index (κ1) is 16.4. The monoisotopic (exact) mass is 383 g/mol. The molecule has 0 amide bonds. The van der Waals surface area contributed by atoms with Gasteiger partial charge in [0, 0.05) is 35.2 Å². The molecule has 0 spiro atoms. The number of nitrogens with zero attached hydrogens (tertiary/aromatic N) is 3. The number of rotatable bonds is 5. The number of anilines is 3. The summed E-state index contributed by atoms with van der Waals surface area (Å²) in [5.41, 5.74) is 4.20. The molecule has 0 saturated heterocycles. The molecule has 122 valence electrons. The molecule has 0 aliphatic carbocycles. The first-order chi connectivity index (χ1) is 11.6. The van der Waals surface area contributed by atoms with E-state index >= 15 is 0 Å². The molecule has 0 fully saturated rings. The molecule has 24 heavy (non-hydrogen) atoms. The van der Waals surface area contributed by atoms with Crippen LogP contribution >= 0.6 is 15.9 Å². The highest BCUT2D eigenvalue weighted by Gasteiger charge is 2.05. The van der Waals surface area contributed by atoms with E-state index < -0.39 is 0 Å². The van der Waals surface area contributed by atoms with E-state index in [1.54, 1.807) is 12.4 Å². The molecule has 0 unspecified atom stereocenters. The summed E-state index contributed by atoms with van der Waals surface area (Å²) >= 11 is 3.58. The number of aromatic nitrogens is 3. The highest BCUT2D eigenvalue weighted by molar-refractivity contribution is 9.10. The van der Waals surface area contributed by atoms with Gasteiger partial charge in [-0.25, -0.2) is 4.98 Å². The molecule has 5 nitrogen and oxygen atoms in total. The van der Waals surface area contributed by atoms with Crippen LogP contribution in [-0.2, 0) is 6.54 Å². The van der Waals surface area contributed by atoms with Crippen molar-refractivity contribution >= 4 is 33.4 Å². The number of benzene rings is 1. The maximum Gasteiger partial charge on any atom is 0.225 e. The lowest BCUT2D eigenvalue weighted by Gasteiger charge is -2.11. The summed E-state index contributed by atoms with van der Waals surface area (Å²) in [7, 11) is 0. The zero-order valence-electron chi connectivity index (χ0n) is 13.5. The van der Waals surface area contributed by atoms with Gasteiger partial charge in [-0.2, -0.15) is 4.98 Å². The molecule has 0 saturated carbocycles. The van der Waals surface area contributed by atoms with E-state index in [4.69, 9.17) is 0 Å². The molecule has 1 aromatic carbocycles. The van der Waals surface area contributed by atoms with E-state index in [2.05, 4.69) is 60.6 Å². The van der Waals surface area contributed by atoms with Crippen LogP contribution < -0.4 is 10.6 Å². The number of hydrogen-bond donors (Lipinski definition) is 2. The second-order valence-corrected chi connectivity index (χ2v) is 6.39. The van der Waals surface area contributed by atoms with Crippen molar-refractivity contribution in [2.45, 2.75) is 20.4 Å². The predicted molar refractivity (Wildman–Crippen MR) is 100 cm³/mol. The van der Waals surface area contributed by atoms with Crippen LogP contribution in [0.4, 0.5) is 17.5 Å². The van der Waals surface area contributed by atoms with Gasteiger partial charge in [0.25, 0.3) is 0 Å². The number of nitrogens with one attached hydrogen (secondary N) is 2. The Morgan fingerprint density at radius 1 is 1.00 bits per heavy atom. The van der Waals surface area contributed by atoms with Crippen molar-refractivity contribution < 1.29 is 0 Å². The van der Waals surface area contributed by atoms with Gasteiger partial charge in [-0.1, -0.05) is 6.07 Å². The van der Waals surface area contributed by atoms with E-state index in [1.165, 1.54) is 5.56 Å². The van der Waals surface area contributed by atoms with Gasteiger partial charge >= 0.3 is 0 Å². The maximum atomic E-state index is 4.54. The van der Waals surface area contributed by atoms with Crippen LogP contribution in [0.5, 0.6) is 0 Å². The Morgan fingerprint density at radius 2 is 1.79 bits per heavy atom. The minimum Gasteiger partial charge on any atom is -0.350 e. The van der Waals surface area contributed by atoms with Crippen LogP contribution in [0.25, 0.3) is 0 Å². The fraction of sp³-hybridized carbons (Fsp3) is 0.167. The topological polar surface area (TPSA) is 62.7 Å². The van der Waals surface area contributed by atoms with Crippen molar-refractivity contribution in [1.82, 2.24) is 15.0 Å².